The molecule has 0 unspecified atom stereocenters. The van der Waals surface area contributed by atoms with Gasteiger partial charge in [0.25, 0.3) is 0 Å². The summed E-state index contributed by atoms with van der Waals surface area (Å²) in [5.41, 5.74) is 9.19. The van der Waals surface area contributed by atoms with Crippen molar-refractivity contribution in [2.45, 2.75) is 13.8 Å². The molecule has 19 heavy (non-hydrogen) atoms. The third-order valence-corrected chi connectivity index (χ3v) is 3.37. The number of hydrogen-bond donors (Lipinski definition) is 1. The molecule has 0 spiro atoms. The Hall–Kier alpha value is -1.74. The summed E-state index contributed by atoms with van der Waals surface area (Å²) in [4.78, 5) is 1.98. The van der Waals surface area contributed by atoms with Gasteiger partial charge in [0.15, 0.2) is 0 Å². The van der Waals surface area contributed by atoms with Crippen LogP contribution in [0, 0.1) is 12.7 Å². The molecule has 0 fully saturated rings. The van der Waals surface area contributed by atoms with Crippen LogP contribution in [0.5, 0.6) is 0 Å². The van der Waals surface area contributed by atoms with Gasteiger partial charge in [0.05, 0.1) is 16.4 Å². The molecule has 0 aromatic heterocycles. The average molecular weight is 279 g/mol. The number of halogens is 2. The van der Waals surface area contributed by atoms with Gasteiger partial charge in [-0.25, -0.2) is 4.39 Å². The van der Waals surface area contributed by atoms with Crippen molar-refractivity contribution in [3.05, 3.63) is 52.8 Å². The zero-order valence-electron chi connectivity index (χ0n) is 11.0. The number of hydrogen-bond acceptors (Lipinski definition) is 2. The molecule has 0 saturated heterocycles. The van der Waals surface area contributed by atoms with E-state index in [1.165, 1.54) is 12.1 Å². The van der Waals surface area contributed by atoms with E-state index in [0.29, 0.717) is 17.9 Å². The van der Waals surface area contributed by atoms with Crippen LogP contribution in [0.25, 0.3) is 0 Å². The predicted molar refractivity (Wildman–Crippen MR) is 79.7 cm³/mol. The first-order chi connectivity index (χ1) is 9.04. The molecule has 2 aromatic rings. The van der Waals surface area contributed by atoms with Crippen LogP contribution in [0.3, 0.4) is 0 Å². The monoisotopic (exact) mass is 278 g/mol. The minimum absolute atomic E-state index is 0.0436. The molecule has 2 N–H and O–H groups in total. The standard InChI is InChI=1S/C15H16ClFN2/c1-3-19(14-7-5-4-6-10(14)2)15-9-12(17)11(16)8-13(15)18/h4-9H,3,18H2,1-2H3. The van der Waals surface area contributed by atoms with Crippen LogP contribution in [-0.2, 0) is 0 Å². The Kier molecular flexibility index (Phi) is 3.96. The number of nitrogens with zero attached hydrogens (tertiary/aromatic N) is 1. The molecule has 0 aliphatic carbocycles. The topological polar surface area (TPSA) is 29.3 Å². The molecule has 2 rings (SSSR count). The highest BCUT2D eigenvalue weighted by atomic mass is 35.5. The summed E-state index contributed by atoms with van der Waals surface area (Å²) in [6.07, 6.45) is 0. The quantitative estimate of drug-likeness (QED) is 0.836. The Morgan fingerprint density at radius 1 is 1.21 bits per heavy atom. The maximum Gasteiger partial charge on any atom is 0.144 e. The molecular weight excluding hydrogens is 263 g/mol. The first kappa shape index (κ1) is 13.7. The number of nitrogen functional groups attached to an aromatic ring is 1. The largest absolute Gasteiger partial charge is 0.397 e. The van der Waals surface area contributed by atoms with Crippen LogP contribution in [0.15, 0.2) is 36.4 Å². The lowest BCUT2D eigenvalue weighted by Gasteiger charge is -2.26. The van der Waals surface area contributed by atoms with Gasteiger partial charge in [0.1, 0.15) is 5.82 Å². The highest BCUT2D eigenvalue weighted by Crippen LogP contribution is 2.35. The fourth-order valence-electron chi connectivity index (χ4n) is 2.12. The van der Waals surface area contributed by atoms with Gasteiger partial charge < -0.3 is 10.6 Å². The summed E-state index contributed by atoms with van der Waals surface area (Å²) >= 11 is 5.74. The smallest absolute Gasteiger partial charge is 0.144 e. The van der Waals surface area contributed by atoms with E-state index >= 15 is 0 Å². The van der Waals surface area contributed by atoms with Crippen LogP contribution in [0.1, 0.15) is 12.5 Å². The number of aryl methyl sites for hydroxylation is 1. The summed E-state index contributed by atoms with van der Waals surface area (Å²) < 4.78 is 13.7. The minimum Gasteiger partial charge on any atom is -0.397 e. The second kappa shape index (κ2) is 5.49. The third kappa shape index (κ3) is 2.66. The molecule has 2 nitrogen and oxygen atoms in total. The van der Waals surface area contributed by atoms with Crippen molar-refractivity contribution >= 4 is 28.7 Å². The summed E-state index contributed by atoms with van der Waals surface area (Å²) in [5.74, 6) is -0.460. The van der Waals surface area contributed by atoms with Crippen LogP contribution >= 0.6 is 11.6 Å². The number of benzene rings is 2. The molecule has 100 valence electrons. The van der Waals surface area contributed by atoms with E-state index in [1.54, 1.807) is 0 Å². The Labute approximate surface area is 117 Å². The summed E-state index contributed by atoms with van der Waals surface area (Å²) in [5, 5.41) is 0.0436. The normalized spacial score (nSPS) is 10.5. The lowest BCUT2D eigenvalue weighted by molar-refractivity contribution is 0.628. The summed E-state index contributed by atoms with van der Waals surface area (Å²) in [6, 6.07) is 10.8. The fraction of sp³-hybridized carbons (Fsp3) is 0.200. The van der Waals surface area contributed by atoms with Crippen LogP contribution in [-0.4, -0.2) is 6.54 Å². The maximum absolute atomic E-state index is 13.7. The second-order valence-electron chi connectivity index (χ2n) is 4.36. The van der Waals surface area contributed by atoms with E-state index in [2.05, 4.69) is 0 Å². The number of para-hydroxylation sites is 1. The third-order valence-electron chi connectivity index (χ3n) is 3.08. The molecule has 4 heteroatoms. The van der Waals surface area contributed by atoms with Gasteiger partial charge in [-0.05, 0) is 31.5 Å². The molecule has 0 atom stereocenters. The highest BCUT2D eigenvalue weighted by Gasteiger charge is 2.15. The van der Waals surface area contributed by atoms with Gasteiger partial charge in [0.2, 0.25) is 0 Å². The van der Waals surface area contributed by atoms with Crippen molar-refractivity contribution in [3.63, 3.8) is 0 Å². The maximum atomic E-state index is 13.7. The zero-order valence-corrected chi connectivity index (χ0v) is 11.7. The Balaban J connectivity index is 2.55. The number of nitrogens with two attached hydrogens (primary N) is 1. The molecule has 0 bridgehead atoms. The molecule has 0 saturated carbocycles. The van der Waals surface area contributed by atoms with Crippen LogP contribution < -0.4 is 10.6 Å². The van der Waals surface area contributed by atoms with Gasteiger partial charge >= 0.3 is 0 Å². The molecule has 0 aliphatic rings. The Bertz CT molecular complexity index is 599. The van der Waals surface area contributed by atoms with E-state index in [0.717, 1.165) is 11.3 Å². The van der Waals surface area contributed by atoms with Gasteiger partial charge in [-0.15, -0.1) is 0 Å². The lowest BCUT2D eigenvalue weighted by atomic mass is 10.1. The van der Waals surface area contributed by atoms with Crippen molar-refractivity contribution in [1.82, 2.24) is 0 Å². The van der Waals surface area contributed by atoms with Gasteiger partial charge in [-0.2, -0.15) is 0 Å². The van der Waals surface area contributed by atoms with Crippen molar-refractivity contribution in [3.8, 4) is 0 Å². The Morgan fingerprint density at radius 2 is 1.89 bits per heavy atom. The highest BCUT2D eigenvalue weighted by molar-refractivity contribution is 6.31. The van der Waals surface area contributed by atoms with Crippen LogP contribution in [0.2, 0.25) is 5.02 Å². The van der Waals surface area contributed by atoms with Gasteiger partial charge in [-0.3, -0.25) is 0 Å². The average Bonchev–Trinajstić information content (AvgIpc) is 2.38. The zero-order chi connectivity index (χ0) is 14.0. The van der Waals surface area contributed by atoms with Crippen LogP contribution in [0.4, 0.5) is 21.5 Å². The number of anilines is 3. The number of rotatable bonds is 3. The van der Waals surface area contributed by atoms with E-state index in [-0.39, 0.29) is 5.02 Å². The lowest BCUT2D eigenvalue weighted by Crippen LogP contribution is -2.18. The van der Waals surface area contributed by atoms with Gasteiger partial charge in [-0.1, -0.05) is 29.8 Å². The first-order valence-corrected chi connectivity index (χ1v) is 6.50. The van der Waals surface area contributed by atoms with E-state index in [9.17, 15) is 4.39 Å². The second-order valence-corrected chi connectivity index (χ2v) is 4.76. The van der Waals surface area contributed by atoms with Crippen molar-refractivity contribution in [2.75, 3.05) is 17.2 Å². The SMILES string of the molecule is CCN(c1ccccc1C)c1cc(F)c(Cl)cc1N. The molecule has 0 radical (unpaired) electrons. The fourth-order valence-corrected chi connectivity index (χ4v) is 2.29. The van der Waals surface area contributed by atoms with Crippen molar-refractivity contribution < 1.29 is 4.39 Å². The summed E-state index contributed by atoms with van der Waals surface area (Å²) in [7, 11) is 0. The predicted octanol–water partition coefficient (Wildman–Crippen LogP) is 4.53. The minimum atomic E-state index is -0.460. The van der Waals surface area contributed by atoms with E-state index in [1.807, 2.05) is 43.0 Å². The summed E-state index contributed by atoms with van der Waals surface area (Å²) in [6.45, 7) is 4.70. The van der Waals surface area contributed by atoms with E-state index in [4.69, 9.17) is 17.3 Å². The first-order valence-electron chi connectivity index (χ1n) is 6.12. The molecule has 0 amide bonds. The molecule has 0 heterocycles. The molecule has 0 aliphatic heterocycles. The van der Waals surface area contributed by atoms with Crippen molar-refractivity contribution in [2.24, 2.45) is 0 Å². The molecular formula is C15H16ClFN2. The van der Waals surface area contributed by atoms with Crippen molar-refractivity contribution in [1.29, 1.82) is 0 Å². The van der Waals surface area contributed by atoms with Gasteiger partial charge in [0, 0.05) is 18.3 Å². The Morgan fingerprint density at radius 3 is 2.53 bits per heavy atom. The molecule has 2 aromatic carbocycles. The van der Waals surface area contributed by atoms with E-state index < -0.39 is 5.82 Å².